The molecule has 0 amide bonds. The molecule has 0 aliphatic carbocycles. The second-order valence-electron chi connectivity index (χ2n) is 4.46. The monoisotopic (exact) mass is 220 g/mol. The molecule has 1 aromatic rings. The summed E-state index contributed by atoms with van der Waals surface area (Å²) in [6.07, 6.45) is 1.08. The zero-order chi connectivity index (χ0) is 11.4. The fourth-order valence-corrected chi connectivity index (χ4v) is 2.04. The maximum absolute atomic E-state index is 5.72. The van der Waals surface area contributed by atoms with Crippen molar-refractivity contribution in [2.45, 2.75) is 13.3 Å². The van der Waals surface area contributed by atoms with E-state index in [4.69, 9.17) is 10.5 Å². The predicted octanol–water partition coefficient (Wildman–Crippen LogP) is 1.87. The minimum atomic E-state index is 0.520. The Morgan fingerprint density at radius 2 is 2.25 bits per heavy atom. The Balaban J connectivity index is 2.19. The quantitative estimate of drug-likeness (QED) is 0.845. The van der Waals surface area contributed by atoms with Gasteiger partial charge in [0.1, 0.15) is 5.75 Å². The van der Waals surface area contributed by atoms with Crippen LogP contribution in [0.2, 0.25) is 0 Å². The highest BCUT2D eigenvalue weighted by Crippen LogP contribution is 2.30. The number of hydrogen-bond acceptors (Lipinski definition) is 3. The molecule has 0 aromatic heterocycles. The molecule has 0 bridgehead atoms. The van der Waals surface area contributed by atoms with Crippen LogP contribution in [0.3, 0.4) is 0 Å². The fourth-order valence-electron chi connectivity index (χ4n) is 2.04. The molecule has 0 fully saturated rings. The van der Waals surface area contributed by atoms with E-state index in [2.05, 4.69) is 24.0 Å². The predicted molar refractivity (Wildman–Crippen MR) is 67.0 cm³/mol. The first-order valence-electron chi connectivity index (χ1n) is 5.98. The van der Waals surface area contributed by atoms with Crippen LogP contribution in [-0.4, -0.2) is 26.2 Å². The normalized spacial score (nSPS) is 17.2. The summed E-state index contributed by atoms with van der Waals surface area (Å²) in [5, 5.41) is 0. The van der Waals surface area contributed by atoms with Gasteiger partial charge in [0, 0.05) is 13.1 Å². The molecular formula is C13H20N2O. The van der Waals surface area contributed by atoms with Crippen molar-refractivity contribution in [1.29, 1.82) is 0 Å². The third-order valence-corrected chi connectivity index (χ3v) is 2.97. The van der Waals surface area contributed by atoms with Crippen molar-refractivity contribution < 1.29 is 4.74 Å². The Labute approximate surface area is 97.2 Å². The van der Waals surface area contributed by atoms with Gasteiger partial charge in [0.2, 0.25) is 0 Å². The highest BCUT2D eigenvalue weighted by atomic mass is 16.5. The molecule has 1 atom stereocenters. The van der Waals surface area contributed by atoms with Gasteiger partial charge in [-0.15, -0.1) is 0 Å². The van der Waals surface area contributed by atoms with E-state index in [-0.39, 0.29) is 0 Å². The van der Waals surface area contributed by atoms with Gasteiger partial charge >= 0.3 is 0 Å². The lowest BCUT2D eigenvalue weighted by Gasteiger charge is -2.26. The van der Waals surface area contributed by atoms with Crippen LogP contribution < -0.4 is 15.4 Å². The third kappa shape index (κ3) is 2.47. The van der Waals surface area contributed by atoms with Gasteiger partial charge < -0.3 is 15.4 Å². The minimum Gasteiger partial charge on any atom is -0.491 e. The van der Waals surface area contributed by atoms with Gasteiger partial charge in [0.25, 0.3) is 0 Å². The van der Waals surface area contributed by atoms with Crippen LogP contribution in [0.25, 0.3) is 0 Å². The summed E-state index contributed by atoms with van der Waals surface area (Å²) < 4.78 is 5.72. The van der Waals surface area contributed by atoms with E-state index in [9.17, 15) is 0 Å². The molecule has 16 heavy (non-hydrogen) atoms. The molecule has 0 spiro atoms. The first kappa shape index (κ1) is 11.3. The Hall–Kier alpha value is -1.22. The van der Waals surface area contributed by atoms with Crippen LogP contribution >= 0.6 is 0 Å². The van der Waals surface area contributed by atoms with Gasteiger partial charge in [0.15, 0.2) is 0 Å². The van der Waals surface area contributed by atoms with Gasteiger partial charge in [0.05, 0.1) is 12.3 Å². The van der Waals surface area contributed by atoms with Gasteiger partial charge in [-0.1, -0.05) is 19.1 Å². The van der Waals surface area contributed by atoms with Crippen LogP contribution in [0.5, 0.6) is 5.75 Å². The summed E-state index contributed by atoms with van der Waals surface area (Å²) in [4.78, 5) is 2.39. The summed E-state index contributed by atoms with van der Waals surface area (Å²) in [6.45, 7) is 5.80. The van der Waals surface area contributed by atoms with Crippen LogP contribution in [0.15, 0.2) is 24.3 Å². The van der Waals surface area contributed by atoms with E-state index in [0.29, 0.717) is 5.92 Å². The van der Waals surface area contributed by atoms with Gasteiger partial charge in [-0.05, 0) is 31.0 Å². The van der Waals surface area contributed by atoms with Crippen molar-refractivity contribution in [1.82, 2.24) is 0 Å². The van der Waals surface area contributed by atoms with Gasteiger partial charge in [-0.3, -0.25) is 0 Å². The van der Waals surface area contributed by atoms with Crippen molar-refractivity contribution in [3.63, 3.8) is 0 Å². The Bertz CT molecular complexity index is 340. The van der Waals surface area contributed by atoms with Crippen molar-refractivity contribution in [2.24, 2.45) is 11.7 Å². The summed E-state index contributed by atoms with van der Waals surface area (Å²) in [5.74, 6) is 1.52. The first-order valence-corrected chi connectivity index (χ1v) is 5.98. The standard InChI is InChI=1S/C13H20N2O/c1-11(9-14)10-15-7-4-8-16-13-6-3-2-5-12(13)15/h2-3,5-6,11H,4,7-10,14H2,1H3. The molecule has 2 rings (SSSR count). The molecule has 0 radical (unpaired) electrons. The van der Waals surface area contributed by atoms with E-state index in [1.54, 1.807) is 0 Å². The Morgan fingerprint density at radius 1 is 1.44 bits per heavy atom. The number of anilines is 1. The molecule has 3 heteroatoms. The lowest BCUT2D eigenvalue weighted by atomic mass is 10.1. The fraction of sp³-hybridized carbons (Fsp3) is 0.538. The van der Waals surface area contributed by atoms with E-state index in [1.165, 1.54) is 5.69 Å². The highest BCUT2D eigenvalue weighted by Gasteiger charge is 2.17. The highest BCUT2D eigenvalue weighted by molar-refractivity contribution is 5.58. The molecule has 0 saturated carbocycles. The molecule has 3 nitrogen and oxygen atoms in total. The molecule has 1 aliphatic heterocycles. The average molecular weight is 220 g/mol. The van der Waals surface area contributed by atoms with Crippen molar-refractivity contribution in [2.75, 3.05) is 31.1 Å². The molecule has 0 saturated heterocycles. The number of hydrogen-bond donors (Lipinski definition) is 1. The van der Waals surface area contributed by atoms with Crippen molar-refractivity contribution in [3.8, 4) is 5.75 Å². The SMILES string of the molecule is CC(CN)CN1CCCOc2ccccc21. The molecule has 1 unspecified atom stereocenters. The smallest absolute Gasteiger partial charge is 0.142 e. The molecule has 1 aromatic carbocycles. The zero-order valence-electron chi connectivity index (χ0n) is 9.86. The average Bonchev–Trinajstić information content (AvgIpc) is 2.52. The first-order chi connectivity index (χ1) is 7.81. The molecule has 1 heterocycles. The van der Waals surface area contributed by atoms with Crippen LogP contribution in [-0.2, 0) is 0 Å². The van der Waals surface area contributed by atoms with Crippen molar-refractivity contribution >= 4 is 5.69 Å². The summed E-state index contributed by atoms with van der Waals surface area (Å²) in [7, 11) is 0. The second-order valence-corrected chi connectivity index (χ2v) is 4.46. The number of rotatable bonds is 3. The molecular weight excluding hydrogens is 200 g/mol. The van der Waals surface area contributed by atoms with E-state index < -0.39 is 0 Å². The van der Waals surface area contributed by atoms with Crippen LogP contribution in [0.4, 0.5) is 5.69 Å². The number of fused-ring (bicyclic) bond motifs is 1. The van der Waals surface area contributed by atoms with Gasteiger partial charge in [-0.25, -0.2) is 0 Å². The number of nitrogens with two attached hydrogens (primary N) is 1. The molecule has 1 aliphatic rings. The summed E-state index contributed by atoms with van der Waals surface area (Å²) in [6, 6.07) is 8.26. The number of nitrogens with zero attached hydrogens (tertiary/aromatic N) is 1. The van der Waals surface area contributed by atoms with Crippen LogP contribution in [0.1, 0.15) is 13.3 Å². The summed E-state index contributed by atoms with van der Waals surface area (Å²) in [5.41, 5.74) is 6.90. The largest absolute Gasteiger partial charge is 0.491 e. The van der Waals surface area contributed by atoms with E-state index in [1.807, 2.05) is 12.1 Å². The zero-order valence-corrected chi connectivity index (χ0v) is 9.86. The minimum absolute atomic E-state index is 0.520. The second kappa shape index (κ2) is 5.21. The Morgan fingerprint density at radius 3 is 3.06 bits per heavy atom. The molecule has 2 N–H and O–H groups in total. The van der Waals surface area contributed by atoms with Crippen molar-refractivity contribution in [3.05, 3.63) is 24.3 Å². The lowest BCUT2D eigenvalue weighted by molar-refractivity contribution is 0.322. The summed E-state index contributed by atoms with van der Waals surface area (Å²) >= 11 is 0. The number of benzene rings is 1. The van der Waals surface area contributed by atoms with Crippen LogP contribution in [0, 0.1) is 5.92 Å². The third-order valence-electron chi connectivity index (χ3n) is 2.97. The molecule has 88 valence electrons. The number of para-hydroxylation sites is 2. The van der Waals surface area contributed by atoms with E-state index in [0.717, 1.165) is 38.4 Å². The Kier molecular flexibility index (Phi) is 3.67. The maximum Gasteiger partial charge on any atom is 0.142 e. The number of ether oxygens (including phenoxy) is 1. The van der Waals surface area contributed by atoms with Gasteiger partial charge in [-0.2, -0.15) is 0 Å². The van der Waals surface area contributed by atoms with E-state index >= 15 is 0 Å². The lowest BCUT2D eigenvalue weighted by Crippen LogP contribution is -2.32. The topological polar surface area (TPSA) is 38.5 Å². The maximum atomic E-state index is 5.72.